The Morgan fingerprint density at radius 1 is 1.14 bits per heavy atom. The normalized spacial score (nSPS) is 33.1. The second kappa shape index (κ2) is 8.90. The van der Waals surface area contributed by atoms with Crippen LogP contribution in [0.3, 0.4) is 0 Å². The molecule has 2 aliphatic carbocycles. The number of hydrogen-bond acceptors (Lipinski definition) is 4. The first-order valence-electron chi connectivity index (χ1n) is 12.2. The third-order valence-corrected chi connectivity index (χ3v) is 8.27. The highest BCUT2D eigenvalue weighted by Gasteiger charge is 2.54. The minimum absolute atomic E-state index is 0.0757. The molecular weight excluding hydrogens is 476 g/mol. The molecular formula is C24H29F6N3O2. The minimum atomic E-state index is -4.58. The lowest BCUT2D eigenvalue weighted by molar-refractivity contribution is -0.174. The largest absolute Gasteiger partial charge is 0.417 e. The molecule has 2 saturated carbocycles. The van der Waals surface area contributed by atoms with Crippen molar-refractivity contribution in [2.75, 3.05) is 19.8 Å². The molecule has 4 atom stereocenters. The van der Waals surface area contributed by atoms with Crippen molar-refractivity contribution in [3.05, 3.63) is 29.1 Å². The van der Waals surface area contributed by atoms with E-state index in [1.165, 1.54) is 4.90 Å². The van der Waals surface area contributed by atoms with Crippen LogP contribution in [-0.2, 0) is 28.7 Å². The Morgan fingerprint density at radius 2 is 1.86 bits per heavy atom. The first-order valence-corrected chi connectivity index (χ1v) is 12.2. The van der Waals surface area contributed by atoms with Gasteiger partial charge in [-0.15, -0.1) is 0 Å². The number of carbonyl (C=O) groups excluding carboxylic acids is 1. The molecule has 5 nitrogen and oxygen atoms in total. The highest BCUT2D eigenvalue weighted by Crippen LogP contribution is 2.49. The fraction of sp³-hybridized carbons (Fsp3) is 0.750. The van der Waals surface area contributed by atoms with Gasteiger partial charge in [-0.25, -0.2) is 0 Å². The number of hydrogen-bond donors (Lipinski definition) is 1. The summed E-state index contributed by atoms with van der Waals surface area (Å²) < 4.78 is 86.1. The molecule has 0 spiro atoms. The molecule has 35 heavy (non-hydrogen) atoms. The van der Waals surface area contributed by atoms with Crippen LogP contribution in [0.1, 0.15) is 55.3 Å². The summed E-state index contributed by atoms with van der Waals surface area (Å²) in [5, 5.41) is 3.56. The smallest absolute Gasteiger partial charge is 0.381 e. The molecule has 0 radical (unpaired) electrons. The molecule has 1 aromatic heterocycles. The molecule has 11 heteroatoms. The molecule has 3 heterocycles. The van der Waals surface area contributed by atoms with Crippen molar-refractivity contribution in [2.45, 2.75) is 75.9 Å². The molecule has 1 amide bonds. The third-order valence-electron chi connectivity index (χ3n) is 8.27. The number of amides is 1. The number of halogens is 6. The van der Waals surface area contributed by atoms with E-state index in [1.807, 2.05) is 0 Å². The van der Waals surface area contributed by atoms with Gasteiger partial charge in [0, 0.05) is 43.5 Å². The van der Waals surface area contributed by atoms with Crippen LogP contribution in [-0.4, -0.2) is 53.8 Å². The van der Waals surface area contributed by atoms with Crippen LogP contribution in [0.25, 0.3) is 0 Å². The van der Waals surface area contributed by atoms with Crippen LogP contribution in [0.15, 0.2) is 12.3 Å². The van der Waals surface area contributed by atoms with Gasteiger partial charge in [-0.1, -0.05) is 0 Å². The summed E-state index contributed by atoms with van der Waals surface area (Å²) in [4.78, 5) is 18.8. The van der Waals surface area contributed by atoms with Crippen molar-refractivity contribution in [1.82, 2.24) is 15.2 Å². The molecule has 3 fully saturated rings. The molecule has 4 unspecified atom stereocenters. The summed E-state index contributed by atoms with van der Waals surface area (Å²) in [5.41, 5.74) is -1.83. The maximum Gasteiger partial charge on any atom is 0.417 e. The third kappa shape index (κ3) is 5.03. The number of aromatic nitrogens is 1. The van der Waals surface area contributed by atoms with Crippen LogP contribution in [0.5, 0.6) is 0 Å². The second-order valence-corrected chi connectivity index (χ2v) is 10.6. The number of ether oxygens (including phenoxy) is 1. The van der Waals surface area contributed by atoms with E-state index in [-0.39, 0.29) is 50.0 Å². The summed E-state index contributed by atoms with van der Waals surface area (Å²) in [6, 6.07) is 0.945. The summed E-state index contributed by atoms with van der Waals surface area (Å²) in [7, 11) is 0. The summed E-state index contributed by atoms with van der Waals surface area (Å²) in [6.45, 7) is 1.28. The second-order valence-electron chi connectivity index (χ2n) is 10.6. The Kier molecular flexibility index (Phi) is 6.31. The van der Waals surface area contributed by atoms with E-state index in [2.05, 4.69) is 10.3 Å². The summed E-state index contributed by atoms with van der Waals surface area (Å²) in [5.74, 6) is 0.0733. The van der Waals surface area contributed by atoms with Crippen molar-refractivity contribution in [1.29, 1.82) is 0 Å². The maximum atomic E-state index is 13.7. The van der Waals surface area contributed by atoms with E-state index in [0.29, 0.717) is 37.2 Å². The molecule has 2 bridgehead atoms. The van der Waals surface area contributed by atoms with Gasteiger partial charge >= 0.3 is 12.4 Å². The first kappa shape index (κ1) is 24.8. The van der Waals surface area contributed by atoms with Gasteiger partial charge in [-0.3, -0.25) is 9.78 Å². The number of nitrogens with zero attached hydrogens (tertiary/aromatic N) is 2. The molecule has 5 rings (SSSR count). The zero-order valence-corrected chi connectivity index (χ0v) is 19.2. The van der Waals surface area contributed by atoms with Crippen LogP contribution < -0.4 is 5.32 Å². The molecule has 1 aromatic rings. The Bertz CT molecular complexity index is 952. The molecule has 2 aliphatic heterocycles. The Hall–Kier alpha value is -1.88. The lowest BCUT2D eigenvalue weighted by Crippen LogP contribution is -2.50. The van der Waals surface area contributed by atoms with E-state index in [1.54, 1.807) is 0 Å². The molecule has 4 aliphatic rings. The van der Waals surface area contributed by atoms with Gasteiger partial charge in [0.2, 0.25) is 5.91 Å². The highest BCUT2D eigenvalue weighted by molar-refractivity contribution is 5.83. The molecule has 0 aromatic carbocycles. The Morgan fingerprint density at radius 3 is 2.51 bits per heavy atom. The maximum absolute atomic E-state index is 13.7. The molecule has 1 saturated heterocycles. The monoisotopic (exact) mass is 505 g/mol. The van der Waals surface area contributed by atoms with Crippen LogP contribution in [0.4, 0.5) is 26.3 Å². The van der Waals surface area contributed by atoms with Crippen molar-refractivity contribution < 1.29 is 35.9 Å². The van der Waals surface area contributed by atoms with E-state index in [4.69, 9.17) is 4.74 Å². The number of carbonyl (C=O) groups is 1. The van der Waals surface area contributed by atoms with E-state index < -0.39 is 35.7 Å². The number of alkyl halides is 6. The van der Waals surface area contributed by atoms with E-state index >= 15 is 0 Å². The molecule has 194 valence electrons. The average molecular weight is 506 g/mol. The lowest BCUT2D eigenvalue weighted by atomic mass is 9.80. The Labute approximate surface area is 199 Å². The van der Waals surface area contributed by atoms with Gasteiger partial charge in [0.05, 0.1) is 30.6 Å². The van der Waals surface area contributed by atoms with Gasteiger partial charge < -0.3 is 15.0 Å². The first-order chi connectivity index (χ1) is 16.4. The van der Waals surface area contributed by atoms with Gasteiger partial charge in [0.25, 0.3) is 0 Å². The van der Waals surface area contributed by atoms with Crippen LogP contribution in [0, 0.1) is 17.3 Å². The quantitative estimate of drug-likeness (QED) is 0.613. The van der Waals surface area contributed by atoms with Crippen LogP contribution in [0.2, 0.25) is 0 Å². The number of rotatable bonds is 4. The van der Waals surface area contributed by atoms with Crippen LogP contribution >= 0.6 is 0 Å². The van der Waals surface area contributed by atoms with Crippen molar-refractivity contribution in [2.24, 2.45) is 17.3 Å². The lowest BCUT2D eigenvalue weighted by Gasteiger charge is -2.38. The average Bonchev–Trinajstić information content (AvgIpc) is 3.26. The summed E-state index contributed by atoms with van der Waals surface area (Å²) >= 11 is 0. The zero-order valence-electron chi connectivity index (χ0n) is 19.2. The van der Waals surface area contributed by atoms with Gasteiger partial charge in [-0.05, 0) is 55.6 Å². The number of fused-ring (bicyclic) bond motifs is 3. The van der Waals surface area contributed by atoms with Crippen molar-refractivity contribution in [3.63, 3.8) is 0 Å². The van der Waals surface area contributed by atoms with Gasteiger partial charge in [-0.2, -0.15) is 26.3 Å². The highest BCUT2D eigenvalue weighted by atomic mass is 19.4. The van der Waals surface area contributed by atoms with Crippen molar-refractivity contribution >= 4 is 5.91 Å². The number of nitrogens with one attached hydrogen (secondary N) is 1. The standard InChI is InChI=1S/C24H29F6N3O2/c25-23(26,27)13-22(5-3-18(8-22)32-20-14-1-2-15(20)12-35-11-14)21(34)33-6-4-19-16(10-33)7-17(9-31-19)24(28,29)30/h7,9,14-15,18,20,32H,1-6,8,10-13H2. The topological polar surface area (TPSA) is 54.5 Å². The summed E-state index contributed by atoms with van der Waals surface area (Å²) in [6.07, 6.45) is -6.65. The number of pyridine rings is 1. The van der Waals surface area contributed by atoms with Crippen molar-refractivity contribution in [3.8, 4) is 0 Å². The fourth-order valence-electron chi connectivity index (χ4n) is 6.63. The van der Waals surface area contributed by atoms with E-state index in [0.717, 1.165) is 25.1 Å². The zero-order chi connectivity index (χ0) is 25.0. The predicted molar refractivity (Wildman–Crippen MR) is 113 cm³/mol. The predicted octanol–water partition coefficient (Wildman–Crippen LogP) is 4.49. The Balaban J connectivity index is 1.33. The minimum Gasteiger partial charge on any atom is -0.381 e. The van der Waals surface area contributed by atoms with Gasteiger partial charge in [0.15, 0.2) is 0 Å². The van der Waals surface area contributed by atoms with Gasteiger partial charge in [0.1, 0.15) is 0 Å². The SMILES string of the molecule is O=C(N1CCc2ncc(C(F)(F)F)cc2C1)C1(CC(F)(F)F)CCC(NC2C3CCC2COC3)C1. The van der Waals surface area contributed by atoms with E-state index in [9.17, 15) is 31.1 Å². The fourth-order valence-corrected chi connectivity index (χ4v) is 6.63. The molecule has 1 N–H and O–H groups in total.